The zero-order valence-electron chi connectivity index (χ0n) is 12.3. The van der Waals surface area contributed by atoms with Crippen molar-refractivity contribution in [3.05, 3.63) is 57.6 Å². The minimum absolute atomic E-state index is 0.0793. The third-order valence-corrected chi connectivity index (χ3v) is 3.67. The molecule has 5 heteroatoms. The average molecular weight is 282 g/mol. The van der Waals surface area contributed by atoms with Crippen LogP contribution in [-0.2, 0) is 0 Å². The van der Waals surface area contributed by atoms with E-state index in [0.717, 1.165) is 22.3 Å². The first kappa shape index (κ1) is 13.6. The second-order valence-corrected chi connectivity index (χ2v) is 5.45. The number of nitrogens with one attached hydrogen (secondary N) is 1. The van der Waals surface area contributed by atoms with Crippen LogP contribution in [0.2, 0.25) is 0 Å². The number of aromatic amines is 1. The standard InChI is InChI=1S/C16H18N4O/c1-9-5-4-6-12-8-13(11(3)17)20(16(21)15(9)12)14-7-10(2)18-19-14/h4-8,11H,17H2,1-3H3,(H,18,19). The Balaban J connectivity index is 2.46. The van der Waals surface area contributed by atoms with E-state index in [9.17, 15) is 4.79 Å². The molecule has 0 aliphatic carbocycles. The third-order valence-electron chi connectivity index (χ3n) is 3.67. The van der Waals surface area contributed by atoms with Gasteiger partial charge in [0.1, 0.15) is 0 Å². The van der Waals surface area contributed by atoms with Gasteiger partial charge in [0.05, 0.1) is 5.39 Å². The fourth-order valence-electron chi connectivity index (χ4n) is 2.65. The molecule has 0 saturated carbocycles. The molecule has 2 heterocycles. The van der Waals surface area contributed by atoms with Crippen LogP contribution >= 0.6 is 0 Å². The summed E-state index contributed by atoms with van der Waals surface area (Å²) in [5.74, 6) is 0.579. The fourth-order valence-corrected chi connectivity index (χ4v) is 2.65. The normalized spacial score (nSPS) is 12.8. The molecule has 0 aliphatic rings. The highest BCUT2D eigenvalue weighted by molar-refractivity contribution is 5.85. The van der Waals surface area contributed by atoms with E-state index in [4.69, 9.17) is 5.73 Å². The summed E-state index contributed by atoms with van der Waals surface area (Å²) in [6.45, 7) is 5.71. The van der Waals surface area contributed by atoms with Gasteiger partial charge in [-0.3, -0.25) is 14.5 Å². The molecule has 0 amide bonds. The topological polar surface area (TPSA) is 76.7 Å². The van der Waals surface area contributed by atoms with E-state index in [-0.39, 0.29) is 11.6 Å². The minimum atomic E-state index is -0.264. The monoisotopic (exact) mass is 282 g/mol. The molecule has 0 radical (unpaired) electrons. The van der Waals surface area contributed by atoms with Gasteiger partial charge in [-0.2, -0.15) is 5.10 Å². The van der Waals surface area contributed by atoms with E-state index in [1.807, 2.05) is 51.1 Å². The lowest BCUT2D eigenvalue weighted by Gasteiger charge is -2.15. The average Bonchev–Trinajstić information content (AvgIpc) is 2.84. The number of hydrogen-bond donors (Lipinski definition) is 2. The van der Waals surface area contributed by atoms with Crippen molar-refractivity contribution in [3.63, 3.8) is 0 Å². The fraction of sp³-hybridized carbons (Fsp3) is 0.250. The van der Waals surface area contributed by atoms with Gasteiger partial charge in [0, 0.05) is 23.5 Å². The summed E-state index contributed by atoms with van der Waals surface area (Å²) >= 11 is 0. The first-order valence-electron chi connectivity index (χ1n) is 6.92. The van der Waals surface area contributed by atoms with Crippen molar-refractivity contribution in [1.29, 1.82) is 0 Å². The van der Waals surface area contributed by atoms with Gasteiger partial charge in [0.2, 0.25) is 0 Å². The zero-order valence-corrected chi connectivity index (χ0v) is 12.3. The molecule has 1 aromatic carbocycles. The van der Waals surface area contributed by atoms with Gasteiger partial charge in [-0.05, 0) is 37.8 Å². The molecule has 5 nitrogen and oxygen atoms in total. The molecule has 0 aliphatic heterocycles. The summed E-state index contributed by atoms with van der Waals surface area (Å²) in [5, 5.41) is 8.70. The summed E-state index contributed by atoms with van der Waals surface area (Å²) in [4.78, 5) is 12.9. The van der Waals surface area contributed by atoms with Crippen molar-refractivity contribution in [2.75, 3.05) is 0 Å². The van der Waals surface area contributed by atoms with Crippen LogP contribution in [0.25, 0.3) is 16.6 Å². The molecule has 0 bridgehead atoms. The molecule has 2 aromatic heterocycles. The maximum absolute atomic E-state index is 12.9. The lowest BCUT2D eigenvalue weighted by molar-refractivity contribution is 0.724. The van der Waals surface area contributed by atoms with Gasteiger partial charge in [-0.1, -0.05) is 18.2 Å². The molecule has 1 unspecified atom stereocenters. The van der Waals surface area contributed by atoms with Gasteiger partial charge in [0.25, 0.3) is 5.56 Å². The third kappa shape index (κ3) is 2.15. The molecule has 3 aromatic rings. The highest BCUT2D eigenvalue weighted by Crippen LogP contribution is 2.21. The van der Waals surface area contributed by atoms with Crippen molar-refractivity contribution in [3.8, 4) is 5.82 Å². The highest BCUT2D eigenvalue weighted by Gasteiger charge is 2.16. The second kappa shape index (κ2) is 4.86. The predicted molar refractivity (Wildman–Crippen MR) is 83.8 cm³/mol. The number of H-pyrrole nitrogens is 1. The predicted octanol–water partition coefficient (Wildman–Crippen LogP) is 2.35. The first-order chi connectivity index (χ1) is 9.99. The molecule has 3 N–H and O–H groups in total. The molecular formula is C16H18N4O. The van der Waals surface area contributed by atoms with E-state index < -0.39 is 0 Å². The smallest absolute Gasteiger partial charge is 0.264 e. The van der Waals surface area contributed by atoms with Crippen LogP contribution in [0.4, 0.5) is 0 Å². The van der Waals surface area contributed by atoms with E-state index in [2.05, 4.69) is 10.2 Å². The van der Waals surface area contributed by atoms with Crippen molar-refractivity contribution >= 4 is 10.8 Å². The van der Waals surface area contributed by atoms with Crippen LogP contribution < -0.4 is 11.3 Å². The number of nitrogens with two attached hydrogens (primary N) is 1. The van der Waals surface area contributed by atoms with Crippen LogP contribution in [0.15, 0.2) is 35.1 Å². The van der Waals surface area contributed by atoms with Gasteiger partial charge < -0.3 is 5.73 Å². The maximum Gasteiger partial charge on any atom is 0.264 e. The first-order valence-corrected chi connectivity index (χ1v) is 6.92. The van der Waals surface area contributed by atoms with Crippen molar-refractivity contribution in [2.45, 2.75) is 26.8 Å². The van der Waals surface area contributed by atoms with E-state index in [0.29, 0.717) is 11.2 Å². The molecule has 0 fully saturated rings. The Morgan fingerprint density at radius 3 is 2.67 bits per heavy atom. The van der Waals surface area contributed by atoms with Gasteiger partial charge >= 0.3 is 0 Å². The summed E-state index contributed by atoms with van der Waals surface area (Å²) in [5.41, 5.74) is 8.59. The van der Waals surface area contributed by atoms with E-state index in [1.165, 1.54) is 0 Å². The van der Waals surface area contributed by atoms with Crippen LogP contribution in [0.3, 0.4) is 0 Å². The Morgan fingerprint density at radius 1 is 1.29 bits per heavy atom. The largest absolute Gasteiger partial charge is 0.323 e. The highest BCUT2D eigenvalue weighted by atomic mass is 16.1. The molecular weight excluding hydrogens is 264 g/mol. The Bertz CT molecular complexity index is 874. The van der Waals surface area contributed by atoms with Gasteiger partial charge in [-0.15, -0.1) is 0 Å². The van der Waals surface area contributed by atoms with Crippen LogP contribution in [0.5, 0.6) is 0 Å². The van der Waals surface area contributed by atoms with Gasteiger partial charge in [0.15, 0.2) is 5.82 Å². The Kier molecular flexibility index (Phi) is 3.14. The SMILES string of the molecule is Cc1cc(-n2c(C(C)N)cc3cccc(C)c3c2=O)n[nH]1. The number of rotatable bonds is 2. The summed E-state index contributed by atoms with van der Waals surface area (Å²) in [7, 11) is 0. The number of pyridine rings is 1. The second-order valence-electron chi connectivity index (χ2n) is 5.45. The van der Waals surface area contributed by atoms with Crippen molar-refractivity contribution in [2.24, 2.45) is 5.73 Å². The summed E-state index contributed by atoms with van der Waals surface area (Å²) in [6, 6.07) is 9.38. The number of benzene rings is 1. The van der Waals surface area contributed by atoms with Crippen molar-refractivity contribution in [1.82, 2.24) is 14.8 Å². The molecule has 1 atom stereocenters. The maximum atomic E-state index is 12.9. The number of fused-ring (bicyclic) bond motifs is 1. The summed E-state index contributed by atoms with van der Waals surface area (Å²) < 4.78 is 1.60. The number of nitrogens with zero attached hydrogens (tertiary/aromatic N) is 2. The molecule has 0 saturated heterocycles. The van der Waals surface area contributed by atoms with E-state index in [1.54, 1.807) is 4.57 Å². The van der Waals surface area contributed by atoms with E-state index >= 15 is 0 Å². The number of aryl methyl sites for hydroxylation is 2. The van der Waals surface area contributed by atoms with Gasteiger partial charge in [-0.25, -0.2) is 0 Å². The minimum Gasteiger partial charge on any atom is -0.323 e. The van der Waals surface area contributed by atoms with Crippen molar-refractivity contribution < 1.29 is 0 Å². The Labute approximate surface area is 122 Å². The number of hydrogen-bond acceptors (Lipinski definition) is 3. The molecule has 108 valence electrons. The van der Waals surface area contributed by atoms with Crippen LogP contribution in [0.1, 0.15) is 29.9 Å². The Hall–Kier alpha value is -2.40. The number of aromatic nitrogens is 3. The van der Waals surface area contributed by atoms with Crippen LogP contribution in [0, 0.1) is 13.8 Å². The summed E-state index contributed by atoms with van der Waals surface area (Å²) in [6.07, 6.45) is 0. The lowest BCUT2D eigenvalue weighted by atomic mass is 10.0. The zero-order chi connectivity index (χ0) is 15.1. The molecule has 0 spiro atoms. The van der Waals surface area contributed by atoms with Crippen LogP contribution in [-0.4, -0.2) is 14.8 Å². The molecule has 21 heavy (non-hydrogen) atoms. The lowest BCUT2D eigenvalue weighted by Crippen LogP contribution is -2.26. The Morgan fingerprint density at radius 2 is 2.05 bits per heavy atom. The quantitative estimate of drug-likeness (QED) is 0.757. The molecule has 3 rings (SSSR count).